The molecule has 0 bridgehead atoms. The first-order valence-electron chi connectivity index (χ1n) is 9.23. The van der Waals surface area contributed by atoms with Gasteiger partial charge in [-0.3, -0.25) is 9.52 Å². The summed E-state index contributed by atoms with van der Waals surface area (Å²) >= 11 is 6.09. The maximum atomic E-state index is 13.1. The molecule has 3 rings (SSSR count). The van der Waals surface area contributed by atoms with Crippen LogP contribution >= 0.6 is 11.6 Å². The van der Waals surface area contributed by atoms with Crippen LogP contribution in [-0.2, 0) is 10.0 Å². The van der Waals surface area contributed by atoms with E-state index in [2.05, 4.69) is 10.0 Å². The Balaban J connectivity index is 1.84. The smallest absolute Gasteiger partial charge is 0.263 e. The number of hydrogen-bond acceptors (Lipinski definition) is 4. The van der Waals surface area contributed by atoms with E-state index in [1.165, 1.54) is 37.4 Å². The van der Waals surface area contributed by atoms with Crippen molar-refractivity contribution in [1.82, 2.24) is 5.32 Å². The number of carbonyl (C=O) groups is 1. The number of para-hydroxylation sites is 1. The SMILES string of the molecule is COc1ccccc1C(C)NC(=O)c1ccc(Cl)c(S(=O)(=O)Nc2ccc(F)cc2)c1. The number of ether oxygens (including phenoxy) is 1. The van der Waals surface area contributed by atoms with Gasteiger partial charge in [-0.2, -0.15) is 0 Å². The van der Waals surface area contributed by atoms with Gasteiger partial charge >= 0.3 is 0 Å². The van der Waals surface area contributed by atoms with Crippen LogP contribution in [0.3, 0.4) is 0 Å². The third-order valence-electron chi connectivity index (χ3n) is 4.53. The van der Waals surface area contributed by atoms with Crippen molar-refractivity contribution in [2.45, 2.75) is 17.9 Å². The van der Waals surface area contributed by atoms with Crippen molar-refractivity contribution in [3.05, 3.63) is 88.7 Å². The minimum absolute atomic E-state index is 0.0519. The normalized spacial score (nSPS) is 12.1. The predicted octanol–water partition coefficient (Wildman–Crippen LogP) is 4.78. The average molecular weight is 463 g/mol. The fourth-order valence-corrected chi connectivity index (χ4v) is 4.55. The number of methoxy groups -OCH3 is 1. The van der Waals surface area contributed by atoms with Crippen LogP contribution in [0.15, 0.2) is 71.6 Å². The van der Waals surface area contributed by atoms with Crippen LogP contribution in [0.4, 0.5) is 10.1 Å². The Morgan fingerprint density at radius 2 is 1.74 bits per heavy atom. The topological polar surface area (TPSA) is 84.5 Å². The highest BCUT2D eigenvalue weighted by molar-refractivity contribution is 7.92. The van der Waals surface area contributed by atoms with Gasteiger partial charge in [-0.05, 0) is 55.5 Å². The average Bonchev–Trinajstić information content (AvgIpc) is 2.75. The Bertz CT molecular complexity index is 1200. The summed E-state index contributed by atoms with van der Waals surface area (Å²) < 4.78 is 46.3. The number of nitrogens with one attached hydrogen (secondary N) is 2. The fourth-order valence-electron chi connectivity index (χ4n) is 2.96. The standard InChI is InChI=1S/C22H20ClFN2O4S/c1-14(18-5-3-4-6-20(18)30-2)25-22(27)15-7-12-19(23)21(13-15)31(28,29)26-17-10-8-16(24)9-11-17/h3-14,26H,1-2H3,(H,25,27). The number of hydrogen-bond donors (Lipinski definition) is 2. The van der Waals surface area contributed by atoms with Gasteiger partial charge < -0.3 is 10.1 Å². The molecular formula is C22H20ClFN2O4S. The zero-order valence-electron chi connectivity index (χ0n) is 16.7. The van der Waals surface area contributed by atoms with Crippen LogP contribution in [0, 0.1) is 5.82 Å². The summed E-state index contributed by atoms with van der Waals surface area (Å²) in [5, 5.41) is 2.77. The van der Waals surface area contributed by atoms with Crippen LogP contribution in [0.2, 0.25) is 5.02 Å². The summed E-state index contributed by atoms with van der Waals surface area (Å²) in [5.74, 6) is -0.352. The van der Waals surface area contributed by atoms with Gasteiger partial charge in [0.25, 0.3) is 15.9 Å². The lowest BCUT2D eigenvalue weighted by molar-refractivity contribution is 0.0939. The second-order valence-corrected chi connectivity index (χ2v) is 8.75. The molecular weight excluding hydrogens is 443 g/mol. The minimum atomic E-state index is -4.11. The lowest BCUT2D eigenvalue weighted by Crippen LogP contribution is -2.27. The fraction of sp³-hybridized carbons (Fsp3) is 0.136. The highest BCUT2D eigenvalue weighted by atomic mass is 35.5. The molecule has 0 spiro atoms. The monoisotopic (exact) mass is 462 g/mol. The van der Waals surface area contributed by atoms with Crippen molar-refractivity contribution >= 4 is 33.2 Å². The van der Waals surface area contributed by atoms with E-state index < -0.39 is 27.8 Å². The second kappa shape index (κ2) is 9.36. The van der Waals surface area contributed by atoms with Crippen molar-refractivity contribution in [2.24, 2.45) is 0 Å². The van der Waals surface area contributed by atoms with E-state index >= 15 is 0 Å². The van der Waals surface area contributed by atoms with Crippen LogP contribution < -0.4 is 14.8 Å². The van der Waals surface area contributed by atoms with Crippen molar-refractivity contribution in [1.29, 1.82) is 0 Å². The van der Waals surface area contributed by atoms with Crippen LogP contribution in [0.1, 0.15) is 28.9 Å². The van der Waals surface area contributed by atoms with Gasteiger partial charge in [0, 0.05) is 16.8 Å². The molecule has 0 radical (unpaired) electrons. The molecule has 31 heavy (non-hydrogen) atoms. The Hall–Kier alpha value is -3.10. The molecule has 0 fully saturated rings. The summed E-state index contributed by atoms with van der Waals surface area (Å²) in [6, 6.07) is 15.7. The summed E-state index contributed by atoms with van der Waals surface area (Å²) in [5.41, 5.74) is 1.06. The van der Waals surface area contributed by atoms with Crippen LogP contribution in [-0.4, -0.2) is 21.4 Å². The Kier molecular flexibility index (Phi) is 6.82. The van der Waals surface area contributed by atoms with Gasteiger partial charge in [0.05, 0.1) is 18.2 Å². The van der Waals surface area contributed by atoms with E-state index in [0.29, 0.717) is 5.75 Å². The lowest BCUT2D eigenvalue weighted by atomic mass is 10.1. The highest BCUT2D eigenvalue weighted by Crippen LogP contribution is 2.27. The molecule has 3 aromatic carbocycles. The molecule has 3 aromatic rings. The molecule has 1 amide bonds. The zero-order valence-corrected chi connectivity index (χ0v) is 18.3. The number of rotatable bonds is 7. The molecule has 0 heterocycles. The van der Waals surface area contributed by atoms with Gasteiger partial charge in [-0.1, -0.05) is 29.8 Å². The molecule has 6 nitrogen and oxygen atoms in total. The second-order valence-electron chi connectivity index (χ2n) is 6.69. The molecule has 0 aromatic heterocycles. The molecule has 1 unspecified atom stereocenters. The molecule has 0 saturated carbocycles. The highest BCUT2D eigenvalue weighted by Gasteiger charge is 2.22. The summed E-state index contributed by atoms with van der Waals surface area (Å²) in [7, 11) is -2.57. The van der Waals surface area contributed by atoms with Gasteiger partial charge in [-0.15, -0.1) is 0 Å². The molecule has 0 aliphatic heterocycles. The quantitative estimate of drug-likeness (QED) is 0.529. The number of sulfonamides is 1. The first-order chi connectivity index (χ1) is 14.7. The maximum Gasteiger partial charge on any atom is 0.263 e. The summed E-state index contributed by atoms with van der Waals surface area (Å²) in [6.07, 6.45) is 0. The number of halogens is 2. The van der Waals surface area contributed by atoms with Gasteiger partial charge in [0.2, 0.25) is 0 Å². The van der Waals surface area contributed by atoms with Gasteiger partial charge in [-0.25, -0.2) is 12.8 Å². The van der Waals surface area contributed by atoms with Crippen molar-refractivity contribution in [3.8, 4) is 5.75 Å². The minimum Gasteiger partial charge on any atom is -0.496 e. The van der Waals surface area contributed by atoms with E-state index in [1.54, 1.807) is 13.0 Å². The van der Waals surface area contributed by atoms with Gasteiger partial charge in [0.15, 0.2) is 0 Å². The van der Waals surface area contributed by atoms with E-state index in [4.69, 9.17) is 16.3 Å². The third kappa shape index (κ3) is 5.34. The molecule has 162 valence electrons. The number of carbonyl (C=O) groups excluding carboxylic acids is 1. The number of benzene rings is 3. The van der Waals surface area contributed by atoms with E-state index in [1.807, 2.05) is 18.2 Å². The number of amides is 1. The first kappa shape index (κ1) is 22.6. The van der Waals surface area contributed by atoms with Crippen LogP contribution in [0.25, 0.3) is 0 Å². The Morgan fingerprint density at radius 1 is 1.06 bits per heavy atom. The molecule has 1 atom stereocenters. The third-order valence-corrected chi connectivity index (χ3v) is 6.40. The Labute approximate surface area is 185 Å². The van der Waals surface area contributed by atoms with Crippen molar-refractivity contribution in [3.63, 3.8) is 0 Å². The van der Waals surface area contributed by atoms with Crippen molar-refractivity contribution in [2.75, 3.05) is 11.8 Å². The molecule has 2 N–H and O–H groups in total. The van der Waals surface area contributed by atoms with Crippen LogP contribution in [0.5, 0.6) is 5.75 Å². The predicted molar refractivity (Wildman–Crippen MR) is 118 cm³/mol. The Morgan fingerprint density at radius 3 is 2.42 bits per heavy atom. The first-order valence-corrected chi connectivity index (χ1v) is 11.1. The van der Waals surface area contributed by atoms with Gasteiger partial charge in [0.1, 0.15) is 16.5 Å². The zero-order chi connectivity index (χ0) is 22.6. The van der Waals surface area contributed by atoms with Crippen molar-refractivity contribution < 1.29 is 22.3 Å². The summed E-state index contributed by atoms with van der Waals surface area (Å²) in [4.78, 5) is 12.5. The van der Waals surface area contributed by atoms with E-state index in [-0.39, 0.29) is 21.2 Å². The largest absolute Gasteiger partial charge is 0.496 e. The molecule has 9 heteroatoms. The summed E-state index contributed by atoms with van der Waals surface area (Å²) in [6.45, 7) is 1.79. The maximum absolute atomic E-state index is 13.1. The number of anilines is 1. The lowest BCUT2D eigenvalue weighted by Gasteiger charge is -2.18. The molecule has 0 aliphatic carbocycles. The van der Waals surface area contributed by atoms with E-state index in [9.17, 15) is 17.6 Å². The molecule has 0 saturated heterocycles. The van der Waals surface area contributed by atoms with E-state index in [0.717, 1.165) is 17.7 Å². The molecule has 0 aliphatic rings.